The summed E-state index contributed by atoms with van der Waals surface area (Å²) in [6.07, 6.45) is 0.847. The van der Waals surface area contributed by atoms with E-state index in [-0.39, 0.29) is 12.5 Å². The fourth-order valence-electron chi connectivity index (χ4n) is 3.11. The van der Waals surface area contributed by atoms with Crippen molar-refractivity contribution in [1.29, 1.82) is 0 Å². The number of aromatic amines is 1. The highest BCUT2D eigenvalue weighted by Crippen LogP contribution is 2.21. The van der Waals surface area contributed by atoms with Crippen LogP contribution in [-0.4, -0.2) is 47.4 Å². The van der Waals surface area contributed by atoms with Gasteiger partial charge in [0.2, 0.25) is 5.91 Å². The fourth-order valence-corrected chi connectivity index (χ4v) is 3.30. The van der Waals surface area contributed by atoms with E-state index in [0.29, 0.717) is 23.7 Å². The van der Waals surface area contributed by atoms with Gasteiger partial charge < -0.3 is 15.0 Å². The van der Waals surface area contributed by atoms with Gasteiger partial charge >= 0.3 is 0 Å². The first-order chi connectivity index (χ1) is 14.6. The molecule has 0 fully saturated rings. The van der Waals surface area contributed by atoms with Crippen molar-refractivity contribution in [1.82, 2.24) is 20.1 Å². The Balaban J connectivity index is 1.53. The lowest BCUT2D eigenvalue weighted by Crippen LogP contribution is -2.31. The van der Waals surface area contributed by atoms with E-state index in [1.165, 1.54) is 0 Å². The van der Waals surface area contributed by atoms with Gasteiger partial charge in [-0.25, -0.2) is 0 Å². The number of benzene rings is 2. The monoisotopic (exact) mass is 425 g/mol. The van der Waals surface area contributed by atoms with Crippen LogP contribution in [0.25, 0.3) is 11.4 Å². The molecule has 0 saturated carbocycles. The first kappa shape index (κ1) is 21.6. The third-order valence-corrected chi connectivity index (χ3v) is 4.98. The first-order valence-electron chi connectivity index (χ1n) is 10.00. The maximum absolute atomic E-state index is 12.4. The van der Waals surface area contributed by atoms with Crippen LogP contribution < -0.4 is 15.0 Å². The molecule has 0 aliphatic rings. The second kappa shape index (κ2) is 10.6. The van der Waals surface area contributed by atoms with E-state index in [2.05, 4.69) is 32.5 Å². The number of H-pyrrole nitrogens is 1. The maximum atomic E-state index is 12.4. The van der Waals surface area contributed by atoms with Gasteiger partial charge in [0.25, 0.3) is 0 Å². The second-order valence-electron chi connectivity index (χ2n) is 6.86. The smallest absolute Gasteiger partial charge is 0.240 e. The van der Waals surface area contributed by atoms with Gasteiger partial charge in [0.15, 0.2) is 10.6 Å². The molecule has 1 aromatic heterocycles. The number of carbonyl (C=O) groups is 1. The third kappa shape index (κ3) is 5.70. The third-order valence-electron chi connectivity index (χ3n) is 4.67. The minimum atomic E-state index is -0.0953. The van der Waals surface area contributed by atoms with Gasteiger partial charge in [-0.3, -0.25) is 14.5 Å². The number of hydrogen-bond donors (Lipinski definition) is 2. The Bertz CT molecular complexity index is 998. The lowest BCUT2D eigenvalue weighted by atomic mass is 10.2. The minimum Gasteiger partial charge on any atom is -0.494 e. The van der Waals surface area contributed by atoms with Gasteiger partial charge in [-0.05, 0) is 62.0 Å². The van der Waals surface area contributed by atoms with E-state index in [0.717, 1.165) is 30.0 Å². The minimum absolute atomic E-state index is 0.0953. The second-order valence-corrected chi connectivity index (χ2v) is 7.24. The largest absolute Gasteiger partial charge is 0.494 e. The molecule has 0 spiro atoms. The number of amides is 1. The number of rotatable bonds is 10. The number of nitrogens with one attached hydrogen (secondary N) is 2. The molecule has 158 valence electrons. The van der Waals surface area contributed by atoms with Crippen molar-refractivity contribution in [2.24, 2.45) is 0 Å². The van der Waals surface area contributed by atoms with E-state index < -0.39 is 0 Å². The Labute approximate surface area is 181 Å². The number of hydrogen-bond acceptors (Lipinski definition) is 5. The molecular weight excluding hydrogens is 398 g/mol. The molecule has 0 unspecified atom stereocenters. The van der Waals surface area contributed by atoms with Crippen LogP contribution in [0, 0.1) is 4.77 Å². The topological polar surface area (TPSA) is 75.2 Å². The summed E-state index contributed by atoms with van der Waals surface area (Å²) in [6, 6.07) is 17.7. The molecule has 0 atom stereocenters. The number of aromatic nitrogens is 3. The summed E-state index contributed by atoms with van der Waals surface area (Å²) in [4.78, 5) is 14.6. The molecule has 0 aliphatic carbocycles. The molecule has 0 saturated heterocycles. The quantitative estimate of drug-likeness (QED) is 0.383. The highest BCUT2D eigenvalue weighted by atomic mass is 32.1. The average molecular weight is 426 g/mol. The zero-order valence-corrected chi connectivity index (χ0v) is 18.1. The highest BCUT2D eigenvalue weighted by molar-refractivity contribution is 7.71. The van der Waals surface area contributed by atoms with Gasteiger partial charge in [-0.15, -0.1) is 0 Å². The SMILES string of the molecule is CCOc1ccc(-c2n[nH]c(=S)n2CC(=O)NCCCN(C)c2ccccc2)cc1. The highest BCUT2D eigenvalue weighted by Gasteiger charge is 2.12. The standard InChI is InChI=1S/C22H27N5O2S/c1-3-29-19-12-10-17(11-13-19)21-24-25-22(30)27(21)16-20(28)23-14-7-15-26(2)18-8-5-4-6-9-18/h4-6,8-13H,3,7,14-16H2,1-2H3,(H,23,28)(H,25,30). The molecule has 0 radical (unpaired) electrons. The Kier molecular flexibility index (Phi) is 7.62. The van der Waals surface area contributed by atoms with E-state index >= 15 is 0 Å². The van der Waals surface area contributed by atoms with Crippen molar-refractivity contribution < 1.29 is 9.53 Å². The maximum Gasteiger partial charge on any atom is 0.240 e. The van der Waals surface area contributed by atoms with Crippen LogP contribution in [0.4, 0.5) is 5.69 Å². The predicted octanol–water partition coefficient (Wildman–Crippen LogP) is 3.65. The van der Waals surface area contributed by atoms with Gasteiger partial charge in [-0.2, -0.15) is 5.10 Å². The first-order valence-corrected chi connectivity index (χ1v) is 10.4. The molecule has 1 amide bonds. The average Bonchev–Trinajstić information content (AvgIpc) is 3.12. The van der Waals surface area contributed by atoms with Crippen LogP contribution in [0.5, 0.6) is 5.75 Å². The molecular formula is C22H27N5O2S. The molecule has 8 heteroatoms. The van der Waals surface area contributed by atoms with Crippen molar-refractivity contribution in [3.8, 4) is 17.1 Å². The van der Waals surface area contributed by atoms with Gasteiger partial charge in [0, 0.05) is 31.4 Å². The van der Waals surface area contributed by atoms with E-state index in [1.807, 2.05) is 56.4 Å². The molecule has 2 N–H and O–H groups in total. The van der Waals surface area contributed by atoms with Crippen molar-refractivity contribution in [3.05, 3.63) is 59.4 Å². The summed E-state index contributed by atoms with van der Waals surface area (Å²) < 4.78 is 7.59. The van der Waals surface area contributed by atoms with E-state index in [4.69, 9.17) is 17.0 Å². The summed E-state index contributed by atoms with van der Waals surface area (Å²) in [6.45, 7) is 4.12. The fraction of sp³-hybridized carbons (Fsp3) is 0.318. The normalized spacial score (nSPS) is 10.6. The van der Waals surface area contributed by atoms with Crippen molar-refractivity contribution in [3.63, 3.8) is 0 Å². The van der Waals surface area contributed by atoms with Crippen LogP contribution in [0.3, 0.4) is 0 Å². The van der Waals surface area contributed by atoms with Gasteiger partial charge in [-0.1, -0.05) is 18.2 Å². The van der Waals surface area contributed by atoms with Gasteiger partial charge in [0.1, 0.15) is 12.3 Å². The number of carbonyl (C=O) groups excluding carboxylic acids is 1. The molecule has 2 aromatic carbocycles. The van der Waals surface area contributed by atoms with E-state index in [9.17, 15) is 4.79 Å². The molecule has 0 aliphatic heterocycles. The summed E-state index contributed by atoms with van der Waals surface area (Å²) in [5, 5.41) is 10.0. The molecule has 3 rings (SSSR count). The van der Waals surface area contributed by atoms with Crippen molar-refractivity contribution >= 4 is 23.8 Å². The van der Waals surface area contributed by atoms with Crippen molar-refractivity contribution in [2.45, 2.75) is 19.9 Å². The number of para-hydroxylation sites is 1. The molecule has 3 aromatic rings. The number of ether oxygens (including phenoxy) is 1. The lowest BCUT2D eigenvalue weighted by molar-refractivity contribution is -0.121. The zero-order valence-electron chi connectivity index (χ0n) is 17.3. The molecule has 30 heavy (non-hydrogen) atoms. The lowest BCUT2D eigenvalue weighted by Gasteiger charge is -2.19. The van der Waals surface area contributed by atoms with Crippen molar-refractivity contribution in [2.75, 3.05) is 31.6 Å². The van der Waals surface area contributed by atoms with Gasteiger partial charge in [0.05, 0.1) is 6.61 Å². The summed E-state index contributed by atoms with van der Waals surface area (Å²) >= 11 is 5.32. The Morgan fingerprint density at radius 2 is 1.93 bits per heavy atom. The predicted molar refractivity (Wildman–Crippen MR) is 121 cm³/mol. The van der Waals surface area contributed by atoms with Crippen LogP contribution in [-0.2, 0) is 11.3 Å². The Morgan fingerprint density at radius 1 is 1.20 bits per heavy atom. The Hall–Kier alpha value is -3.13. The number of nitrogens with zero attached hydrogens (tertiary/aromatic N) is 3. The number of anilines is 1. The summed E-state index contributed by atoms with van der Waals surface area (Å²) in [7, 11) is 2.05. The zero-order chi connectivity index (χ0) is 21.3. The van der Waals surface area contributed by atoms with Crippen LogP contribution in [0.1, 0.15) is 13.3 Å². The van der Waals surface area contributed by atoms with E-state index in [1.54, 1.807) is 4.57 Å². The Morgan fingerprint density at radius 3 is 2.63 bits per heavy atom. The van der Waals surface area contributed by atoms with Crippen LogP contribution in [0.2, 0.25) is 0 Å². The van der Waals surface area contributed by atoms with Crippen LogP contribution >= 0.6 is 12.2 Å². The van der Waals surface area contributed by atoms with Crippen LogP contribution in [0.15, 0.2) is 54.6 Å². The molecule has 1 heterocycles. The molecule has 7 nitrogen and oxygen atoms in total. The molecule has 0 bridgehead atoms. The summed E-state index contributed by atoms with van der Waals surface area (Å²) in [5.74, 6) is 1.32. The summed E-state index contributed by atoms with van der Waals surface area (Å²) in [5.41, 5.74) is 2.02.